The Balaban J connectivity index is 1.67. The molecule has 4 rings (SSSR count). The molecular weight excluding hydrogens is 476 g/mol. The predicted octanol–water partition coefficient (Wildman–Crippen LogP) is 5.80. The summed E-state index contributed by atoms with van der Waals surface area (Å²) in [6.07, 6.45) is 5.02. The smallest absolute Gasteiger partial charge is 0.306 e. The first-order chi connectivity index (χ1) is 17.9. The van der Waals surface area contributed by atoms with Gasteiger partial charge in [-0.1, -0.05) is 124 Å². The van der Waals surface area contributed by atoms with Gasteiger partial charge in [0.05, 0.1) is 13.2 Å². The van der Waals surface area contributed by atoms with Gasteiger partial charge in [0.2, 0.25) is 0 Å². The molecule has 194 valence electrons. The minimum absolute atomic E-state index is 0.168. The first-order valence-electron chi connectivity index (χ1n) is 13.1. The molecule has 0 radical (unpaired) electrons. The number of benzene rings is 3. The van der Waals surface area contributed by atoms with Crippen molar-refractivity contribution in [3.8, 4) is 0 Å². The van der Waals surface area contributed by atoms with Gasteiger partial charge in [-0.05, 0) is 33.8 Å². The number of rotatable bonds is 8. The van der Waals surface area contributed by atoms with Crippen molar-refractivity contribution in [2.45, 2.75) is 63.9 Å². The van der Waals surface area contributed by atoms with Crippen LogP contribution in [0.5, 0.6) is 0 Å². The summed E-state index contributed by atoms with van der Waals surface area (Å²) in [5, 5.41) is 2.23. The molecule has 0 aromatic heterocycles. The van der Waals surface area contributed by atoms with Crippen LogP contribution in [-0.2, 0) is 25.3 Å². The zero-order valence-electron chi connectivity index (χ0n) is 22.1. The van der Waals surface area contributed by atoms with E-state index in [1.807, 2.05) is 48.5 Å². The number of hydrogen-bond acceptors (Lipinski definition) is 4. The number of cyclic esters (lactones) is 1. The molecule has 1 aliphatic heterocycles. The van der Waals surface area contributed by atoms with Gasteiger partial charge in [0.15, 0.2) is 6.10 Å². The fraction of sp³-hybridized carbons (Fsp3) is 0.344. The zero-order chi connectivity index (χ0) is 26.1. The van der Waals surface area contributed by atoms with Crippen LogP contribution >= 0.6 is 0 Å². The van der Waals surface area contributed by atoms with Gasteiger partial charge in [-0.2, -0.15) is 0 Å². The Labute approximate surface area is 222 Å². The van der Waals surface area contributed by atoms with Crippen LogP contribution in [-0.4, -0.2) is 33.1 Å². The summed E-state index contributed by atoms with van der Waals surface area (Å²) in [7, 11) is -2.78. The molecule has 0 fully saturated rings. The maximum absolute atomic E-state index is 12.7. The molecule has 5 heteroatoms. The van der Waals surface area contributed by atoms with Gasteiger partial charge in [-0.25, -0.2) is 0 Å². The van der Waals surface area contributed by atoms with Crippen LogP contribution in [0.25, 0.3) is 0 Å². The molecule has 0 N–H and O–H groups in total. The Hall–Kier alpha value is -2.99. The lowest BCUT2D eigenvalue weighted by atomic mass is 10.1. The van der Waals surface area contributed by atoms with Crippen LogP contribution in [0.15, 0.2) is 103 Å². The lowest BCUT2D eigenvalue weighted by Gasteiger charge is -2.44. The third-order valence-corrected chi connectivity index (χ3v) is 11.9. The molecule has 0 bridgehead atoms. The van der Waals surface area contributed by atoms with E-state index in [2.05, 4.69) is 75.4 Å². The molecule has 1 heterocycles. The minimum Gasteiger partial charge on any atom is -0.457 e. The number of ether oxygens (including phenoxy) is 2. The molecule has 4 nitrogen and oxygen atoms in total. The molecule has 0 saturated carbocycles. The zero-order valence-corrected chi connectivity index (χ0v) is 23.1. The molecule has 0 amide bonds. The van der Waals surface area contributed by atoms with Gasteiger partial charge >= 0.3 is 5.97 Å². The first-order valence-corrected chi connectivity index (χ1v) is 15.1. The highest BCUT2D eigenvalue weighted by atomic mass is 28.4. The maximum Gasteiger partial charge on any atom is 0.306 e. The van der Waals surface area contributed by atoms with Crippen molar-refractivity contribution in [1.82, 2.24) is 0 Å². The normalized spacial score (nSPS) is 19.8. The van der Waals surface area contributed by atoms with E-state index in [0.717, 1.165) is 5.56 Å². The average Bonchev–Trinajstić information content (AvgIpc) is 2.99. The predicted molar refractivity (Wildman–Crippen MR) is 151 cm³/mol. The van der Waals surface area contributed by atoms with Gasteiger partial charge in [0.25, 0.3) is 8.32 Å². The molecule has 0 aliphatic carbocycles. The second-order valence-corrected chi connectivity index (χ2v) is 14.9. The molecule has 0 spiro atoms. The van der Waals surface area contributed by atoms with Crippen LogP contribution in [0.1, 0.15) is 45.6 Å². The molecule has 0 saturated heterocycles. The lowest BCUT2D eigenvalue weighted by molar-refractivity contribution is -0.161. The largest absolute Gasteiger partial charge is 0.457 e. The number of hydrogen-bond donors (Lipinski definition) is 0. The van der Waals surface area contributed by atoms with Gasteiger partial charge in [0, 0.05) is 6.42 Å². The average molecular weight is 515 g/mol. The van der Waals surface area contributed by atoms with E-state index in [9.17, 15) is 4.79 Å². The molecule has 1 aliphatic rings. The van der Waals surface area contributed by atoms with Crippen molar-refractivity contribution in [2.75, 3.05) is 6.61 Å². The summed E-state index contributed by atoms with van der Waals surface area (Å²) < 4.78 is 19.6. The number of carbonyl (C=O) groups excluding carboxylic acids is 1. The van der Waals surface area contributed by atoms with Crippen molar-refractivity contribution in [3.63, 3.8) is 0 Å². The lowest BCUT2D eigenvalue weighted by Crippen LogP contribution is -2.67. The Kier molecular flexibility index (Phi) is 9.14. The highest BCUT2D eigenvalue weighted by Crippen LogP contribution is 2.37. The van der Waals surface area contributed by atoms with E-state index in [1.54, 1.807) is 0 Å². The highest BCUT2D eigenvalue weighted by molar-refractivity contribution is 6.99. The van der Waals surface area contributed by atoms with E-state index in [0.29, 0.717) is 25.9 Å². The Bertz CT molecular complexity index is 1100. The summed E-state index contributed by atoms with van der Waals surface area (Å²) in [4.78, 5) is 12.7. The van der Waals surface area contributed by atoms with E-state index in [1.165, 1.54) is 10.4 Å². The van der Waals surface area contributed by atoms with Crippen LogP contribution in [0.4, 0.5) is 0 Å². The van der Waals surface area contributed by atoms with Crippen LogP contribution < -0.4 is 10.4 Å². The standard InChI is InChI=1S/C32H38O4Si/c1-32(2,3)37(27-18-10-5-11-19-27,28-20-12-6-13-21-28)35-25-30-29(22-14-7-15-23-31(33)36-30)34-24-26-16-8-4-9-17-26/h4-14,16-21,29-30H,15,22-25H2,1-3H3/b14-7-/t29-,30+/m0/s1. The number of carbonyl (C=O) groups is 1. The van der Waals surface area contributed by atoms with Gasteiger partial charge in [-0.3, -0.25) is 4.79 Å². The summed E-state index contributed by atoms with van der Waals surface area (Å²) in [6, 6.07) is 31.2. The van der Waals surface area contributed by atoms with Crippen molar-refractivity contribution >= 4 is 24.7 Å². The summed E-state index contributed by atoms with van der Waals surface area (Å²) in [6.45, 7) is 7.47. The second-order valence-electron chi connectivity index (χ2n) is 10.6. The first kappa shape index (κ1) is 27.1. The number of esters is 1. The van der Waals surface area contributed by atoms with Crippen LogP contribution in [0.2, 0.25) is 5.04 Å². The van der Waals surface area contributed by atoms with Gasteiger partial charge < -0.3 is 13.9 Å². The maximum atomic E-state index is 12.7. The minimum atomic E-state index is -2.78. The topological polar surface area (TPSA) is 44.8 Å². The van der Waals surface area contributed by atoms with Crippen molar-refractivity contribution in [2.24, 2.45) is 0 Å². The third-order valence-electron chi connectivity index (χ3n) is 6.94. The van der Waals surface area contributed by atoms with Crippen molar-refractivity contribution < 1.29 is 18.7 Å². The fourth-order valence-corrected chi connectivity index (χ4v) is 9.64. The number of allylic oxidation sites excluding steroid dienone is 1. The van der Waals surface area contributed by atoms with Crippen molar-refractivity contribution in [1.29, 1.82) is 0 Å². The third kappa shape index (κ3) is 6.66. The van der Waals surface area contributed by atoms with Crippen LogP contribution in [0.3, 0.4) is 0 Å². The Morgan fingerprint density at radius 3 is 1.97 bits per heavy atom. The van der Waals surface area contributed by atoms with E-state index in [-0.39, 0.29) is 23.7 Å². The van der Waals surface area contributed by atoms with Gasteiger partial charge in [-0.15, -0.1) is 0 Å². The van der Waals surface area contributed by atoms with Gasteiger partial charge in [0.1, 0.15) is 6.10 Å². The Morgan fingerprint density at radius 1 is 0.838 bits per heavy atom. The van der Waals surface area contributed by atoms with E-state index in [4.69, 9.17) is 13.9 Å². The molecular formula is C32H38O4Si. The Morgan fingerprint density at radius 2 is 1.41 bits per heavy atom. The SMILES string of the molecule is CC(C)(C)[Si](OC[C@H]1OC(=O)CC/C=C\C[C@@H]1OCc1ccccc1)(c1ccccc1)c1ccccc1. The van der Waals surface area contributed by atoms with Crippen LogP contribution in [0, 0.1) is 0 Å². The second kappa shape index (κ2) is 12.5. The summed E-state index contributed by atoms with van der Waals surface area (Å²) in [5.74, 6) is -0.212. The monoisotopic (exact) mass is 514 g/mol. The van der Waals surface area contributed by atoms with Crippen molar-refractivity contribution in [3.05, 3.63) is 109 Å². The fourth-order valence-electron chi connectivity index (χ4n) is 5.07. The summed E-state index contributed by atoms with van der Waals surface area (Å²) in [5.41, 5.74) is 1.09. The van der Waals surface area contributed by atoms with E-state index < -0.39 is 14.4 Å². The molecule has 0 unspecified atom stereocenters. The molecule has 3 aromatic rings. The molecule has 37 heavy (non-hydrogen) atoms. The molecule has 2 atom stereocenters. The quantitative estimate of drug-likeness (QED) is 0.217. The molecule has 3 aromatic carbocycles. The summed E-state index contributed by atoms with van der Waals surface area (Å²) >= 11 is 0. The highest BCUT2D eigenvalue weighted by Gasteiger charge is 2.50. The van der Waals surface area contributed by atoms with E-state index >= 15 is 0 Å².